The lowest BCUT2D eigenvalue weighted by Crippen LogP contribution is -2.49. The van der Waals surface area contributed by atoms with Gasteiger partial charge in [-0.05, 0) is 43.3 Å². The largest absolute Gasteiger partial charge is 0.416 e. The molecule has 34 heavy (non-hydrogen) atoms. The second-order valence-corrected chi connectivity index (χ2v) is 8.33. The summed E-state index contributed by atoms with van der Waals surface area (Å²) in [5.41, 5.74) is 2.47. The molecule has 0 unspecified atom stereocenters. The highest BCUT2D eigenvalue weighted by Gasteiger charge is 2.31. The summed E-state index contributed by atoms with van der Waals surface area (Å²) >= 11 is 0. The van der Waals surface area contributed by atoms with Crippen LogP contribution in [-0.4, -0.2) is 51.6 Å². The zero-order chi connectivity index (χ0) is 23.9. The third-order valence-electron chi connectivity index (χ3n) is 6.02. The van der Waals surface area contributed by atoms with E-state index < -0.39 is 11.7 Å². The molecule has 0 spiro atoms. The molecule has 9 heteroatoms. The Morgan fingerprint density at radius 2 is 1.68 bits per heavy atom. The van der Waals surface area contributed by atoms with Crippen molar-refractivity contribution in [3.05, 3.63) is 83.6 Å². The van der Waals surface area contributed by atoms with Crippen LogP contribution >= 0.6 is 0 Å². The van der Waals surface area contributed by atoms with Gasteiger partial charge in [-0.2, -0.15) is 13.2 Å². The number of carbonyl (C=O) groups is 1. The van der Waals surface area contributed by atoms with Crippen molar-refractivity contribution in [2.45, 2.75) is 13.1 Å². The molecule has 2 aromatic heterocycles. The van der Waals surface area contributed by atoms with Gasteiger partial charge in [-0.15, -0.1) is 5.10 Å². The summed E-state index contributed by atoms with van der Waals surface area (Å²) in [5, 5.41) is 4.66. The van der Waals surface area contributed by atoms with Crippen LogP contribution in [0.1, 0.15) is 21.5 Å². The van der Waals surface area contributed by atoms with Gasteiger partial charge in [-0.3, -0.25) is 4.79 Å². The van der Waals surface area contributed by atoms with Gasteiger partial charge in [-0.1, -0.05) is 29.8 Å². The summed E-state index contributed by atoms with van der Waals surface area (Å²) in [6.07, 6.45) is -2.90. The summed E-state index contributed by atoms with van der Waals surface area (Å²) in [7, 11) is 0. The Balaban J connectivity index is 1.36. The second kappa shape index (κ2) is 8.48. The van der Waals surface area contributed by atoms with Crippen molar-refractivity contribution < 1.29 is 18.0 Å². The van der Waals surface area contributed by atoms with E-state index in [1.807, 2.05) is 42.2 Å². The number of amides is 1. The number of piperazine rings is 1. The molecular formula is C25H22F3N5O. The van der Waals surface area contributed by atoms with Crippen LogP contribution in [0, 0.1) is 6.92 Å². The number of aromatic nitrogens is 3. The van der Waals surface area contributed by atoms with Gasteiger partial charge in [0.2, 0.25) is 0 Å². The smallest absolute Gasteiger partial charge is 0.352 e. The van der Waals surface area contributed by atoms with Crippen molar-refractivity contribution in [3.63, 3.8) is 0 Å². The van der Waals surface area contributed by atoms with Gasteiger partial charge in [0.05, 0.1) is 17.5 Å². The normalized spacial score (nSPS) is 14.6. The molecule has 6 nitrogen and oxygen atoms in total. The van der Waals surface area contributed by atoms with Crippen molar-refractivity contribution in [2.75, 3.05) is 31.1 Å². The third-order valence-corrected chi connectivity index (χ3v) is 6.02. The van der Waals surface area contributed by atoms with Crippen LogP contribution in [0.5, 0.6) is 0 Å². The number of anilines is 1. The minimum absolute atomic E-state index is 0.00417. The number of hydrogen-bond acceptors (Lipinski definition) is 4. The number of imidazole rings is 1. The highest BCUT2D eigenvalue weighted by atomic mass is 19.4. The van der Waals surface area contributed by atoms with Crippen LogP contribution in [0.15, 0.2) is 66.9 Å². The Morgan fingerprint density at radius 1 is 0.941 bits per heavy atom. The van der Waals surface area contributed by atoms with Crippen LogP contribution in [0.3, 0.4) is 0 Å². The molecule has 4 aromatic rings. The molecule has 1 saturated heterocycles. The highest BCUT2D eigenvalue weighted by molar-refractivity contribution is 5.94. The van der Waals surface area contributed by atoms with Crippen molar-refractivity contribution in [3.8, 4) is 11.3 Å². The molecule has 3 heterocycles. The summed E-state index contributed by atoms with van der Waals surface area (Å²) < 4.78 is 41.1. The Morgan fingerprint density at radius 3 is 2.38 bits per heavy atom. The first-order valence-corrected chi connectivity index (χ1v) is 10.9. The third kappa shape index (κ3) is 4.21. The minimum atomic E-state index is -4.43. The maximum Gasteiger partial charge on any atom is 0.416 e. The van der Waals surface area contributed by atoms with E-state index in [-0.39, 0.29) is 5.91 Å². The molecule has 0 aliphatic carbocycles. The predicted octanol–water partition coefficient (Wildman–Crippen LogP) is 4.69. The van der Waals surface area contributed by atoms with Gasteiger partial charge in [0, 0.05) is 37.3 Å². The Kier molecular flexibility index (Phi) is 5.47. The average Bonchev–Trinajstić information content (AvgIpc) is 3.27. The van der Waals surface area contributed by atoms with Gasteiger partial charge in [-0.25, -0.2) is 9.50 Å². The lowest BCUT2D eigenvalue weighted by molar-refractivity contribution is -0.137. The van der Waals surface area contributed by atoms with Gasteiger partial charge >= 0.3 is 6.18 Å². The average molecular weight is 465 g/mol. The molecule has 2 aromatic carbocycles. The highest BCUT2D eigenvalue weighted by Crippen LogP contribution is 2.32. The zero-order valence-corrected chi connectivity index (χ0v) is 18.5. The van der Waals surface area contributed by atoms with E-state index in [4.69, 9.17) is 0 Å². The minimum Gasteiger partial charge on any atom is -0.352 e. The predicted molar refractivity (Wildman–Crippen MR) is 123 cm³/mol. The Hall–Kier alpha value is -3.88. The number of nitrogens with zero attached hydrogens (tertiary/aromatic N) is 5. The zero-order valence-electron chi connectivity index (χ0n) is 18.5. The topological polar surface area (TPSA) is 53.7 Å². The summed E-state index contributed by atoms with van der Waals surface area (Å²) in [5.74, 6) is 0.686. The van der Waals surface area contributed by atoms with Gasteiger partial charge in [0.15, 0.2) is 5.65 Å². The standard InChI is InChI=1S/C25H22F3N5O/c1-17-5-7-18(8-6-17)24(34)32-13-11-31(12-14-32)23-10-9-22-29-16-21(33(22)30-23)19-3-2-4-20(15-19)25(26,27)28/h2-10,15-16H,11-14H2,1H3. The van der Waals surface area contributed by atoms with E-state index in [9.17, 15) is 18.0 Å². The molecular weight excluding hydrogens is 443 g/mol. The van der Waals surface area contributed by atoms with Crippen molar-refractivity contribution >= 4 is 17.4 Å². The summed E-state index contributed by atoms with van der Waals surface area (Å²) in [4.78, 5) is 21.0. The van der Waals surface area contributed by atoms with Gasteiger partial charge in [0.1, 0.15) is 5.82 Å². The van der Waals surface area contributed by atoms with E-state index in [2.05, 4.69) is 15.0 Å². The molecule has 0 N–H and O–H groups in total. The lowest BCUT2D eigenvalue weighted by atomic mass is 10.1. The second-order valence-electron chi connectivity index (χ2n) is 8.33. The molecule has 1 aliphatic rings. The molecule has 1 amide bonds. The number of rotatable bonds is 3. The molecule has 174 valence electrons. The van der Waals surface area contributed by atoms with Crippen LogP contribution < -0.4 is 4.90 Å². The van der Waals surface area contributed by atoms with E-state index in [1.165, 1.54) is 12.3 Å². The molecule has 0 radical (unpaired) electrons. The maximum atomic E-state index is 13.2. The molecule has 0 atom stereocenters. The van der Waals surface area contributed by atoms with E-state index in [0.29, 0.717) is 54.5 Å². The fourth-order valence-electron chi connectivity index (χ4n) is 4.10. The summed E-state index contributed by atoms with van der Waals surface area (Å²) in [6.45, 7) is 4.29. The lowest BCUT2D eigenvalue weighted by Gasteiger charge is -2.35. The van der Waals surface area contributed by atoms with E-state index in [1.54, 1.807) is 16.6 Å². The first-order valence-electron chi connectivity index (χ1n) is 10.9. The SMILES string of the molecule is Cc1ccc(C(=O)N2CCN(c3ccc4ncc(-c5cccc(C(F)(F)F)c5)n4n3)CC2)cc1. The number of halogens is 3. The quantitative estimate of drug-likeness (QED) is 0.441. The van der Waals surface area contributed by atoms with Crippen LogP contribution in [-0.2, 0) is 6.18 Å². The number of alkyl halides is 3. The molecule has 1 aliphatic heterocycles. The fraction of sp³-hybridized carbons (Fsp3) is 0.240. The number of carbonyl (C=O) groups excluding carboxylic acids is 1. The van der Waals surface area contributed by atoms with Crippen LogP contribution in [0.4, 0.5) is 19.0 Å². The Labute approximate surface area is 194 Å². The molecule has 1 fully saturated rings. The first-order chi connectivity index (χ1) is 16.3. The fourth-order valence-corrected chi connectivity index (χ4v) is 4.10. The van der Waals surface area contributed by atoms with E-state index in [0.717, 1.165) is 17.7 Å². The van der Waals surface area contributed by atoms with Gasteiger partial charge in [0.25, 0.3) is 5.91 Å². The van der Waals surface area contributed by atoms with Crippen LogP contribution in [0.25, 0.3) is 16.9 Å². The van der Waals surface area contributed by atoms with Crippen LogP contribution in [0.2, 0.25) is 0 Å². The molecule has 5 rings (SSSR count). The van der Waals surface area contributed by atoms with E-state index >= 15 is 0 Å². The Bertz CT molecular complexity index is 1340. The maximum absolute atomic E-state index is 13.2. The number of benzene rings is 2. The summed E-state index contributed by atoms with van der Waals surface area (Å²) in [6, 6.07) is 16.3. The van der Waals surface area contributed by atoms with Crippen molar-refractivity contribution in [1.29, 1.82) is 0 Å². The first kappa shape index (κ1) is 21.9. The monoisotopic (exact) mass is 465 g/mol. The van der Waals surface area contributed by atoms with Crippen molar-refractivity contribution in [1.82, 2.24) is 19.5 Å². The van der Waals surface area contributed by atoms with Crippen molar-refractivity contribution in [2.24, 2.45) is 0 Å². The number of fused-ring (bicyclic) bond motifs is 1. The number of hydrogen-bond donors (Lipinski definition) is 0. The van der Waals surface area contributed by atoms with Gasteiger partial charge < -0.3 is 9.80 Å². The molecule has 0 saturated carbocycles. The molecule has 0 bridgehead atoms. The number of aryl methyl sites for hydroxylation is 1.